The van der Waals surface area contributed by atoms with Gasteiger partial charge in [0, 0.05) is 11.3 Å². The molecule has 0 unspecified atom stereocenters. The number of aryl methyl sites for hydroxylation is 2. The zero-order chi connectivity index (χ0) is 18.3. The Hall–Kier alpha value is -3.26. The minimum atomic E-state index is 0.148. The molecule has 0 saturated heterocycles. The fourth-order valence-corrected chi connectivity index (χ4v) is 3.07. The van der Waals surface area contributed by atoms with E-state index >= 15 is 0 Å². The molecular weight excluding hydrogens is 348 g/mol. The van der Waals surface area contributed by atoms with Gasteiger partial charge in [-0.05, 0) is 49.0 Å². The lowest BCUT2D eigenvalue weighted by Crippen LogP contribution is -2.07. The van der Waals surface area contributed by atoms with Crippen molar-refractivity contribution in [2.24, 2.45) is 5.10 Å². The lowest BCUT2D eigenvalue weighted by Gasteiger charge is -2.05. The number of H-pyrrole nitrogens is 1. The number of aromatic hydroxyl groups is 1. The SMILES string of the molecule is Cc1cc(C)n(-c2n[nH]c(=S)n2/N=C/c2c(O)ccc3ccccc23)n1. The highest BCUT2D eigenvalue weighted by Gasteiger charge is 2.12. The van der Waals surface area contributed by atoms with Crippen LogP contribution in [0.2, 0.25) is 0 Å². The Morgan fingerprint density at radius 2 is 2.00 bits per heavy atom. The quantitative estimate of drug-likeness (QED) is 0.431. The van der Waals surface area contributed by atoms with Crippen LogP contribution in [0.3, 0.4) is 0 Å². The van der Waals surface area contributed by atoms with Crippen LogP contribution in [0, 0.1) is 18.6 Å². The van der Waals surface area contributed by atoms with Gasteiger partial charge in [-0.15, -0.1) is 5.10 Å². The number of hydrogen-bond donors (Lipinski definition) is 2. The average molecular weight is 364 g/mol. The number of fused-ring (bicyclic) bond motifs is 1. The average Bonchev–Trinajstić information content (AvgIpc) is 3.15. The van der Waals surface area contributed by atoms with Crippen LogP contribution in [0.15, 0.2) is 47.6 Å². The summed E-state index contributed by atoms with van der Waals surface area (Å²) in [4.78, 5) is 0. The summed E-state index contributed by atoms with van der Waals surface area (Å²) in [6.07, 6.45) is 1.58. The monoisotopic (exact) mass is 364 g/mol. The molecule has 0 bridgehead atoms. The summed E-state index contributed by atoms with van der Waals surface area (Å²) in [7, 11) is 0. The van der Waals surface area contributed by atoms with Crippen LogP contribution in [-0.2, 0) is 0 Å². The smallest absolute Gasteiger partial charge is 0.271 e. The van der Waals surface area contributed by atoms with Gasteiger partial charge in [0.1, 0.15) is 5.75 Å². The third-order valence-electron chi connectivity index (χ3n) is 4.08. The molecule has 0 atom stereocenters. The number of aromatic nitrogens is 5. The fourth-order valence-electron chi connectivity index (χ4n) is 2.89. The van der Waals surface area contributed by atoms with Crippen molar-refractivity contribution in [3.63, 3.8) is 0 Å². The number of benzene rings is 2. The molecule has 2 N–H and O–H groups in total. The highest BCUT2D eigenvalue weighted by molar-refractivity contribution is 7.71. The molecule has 130 valence electrons. The maximum absolute atomic E-state index is 10.3. The summed E-state index contributed by atoms with van der Waals surface area (Å²) in [5, 5.41) is 28.0. The van der Waals surface area contributed by atoms with Crippen molar-refractivity contribution in [2.75, 3.05) is 0 Å². The van der Waals surface area contributed by atoms with Gasteiger partial charge in [-0.1, -0.05) is 30.3 Å². The molecule has 0 amide bonds. The second kappa shape index (κ2) is 6.23. The lowest BCUT2D eigenvalue weighted by atomic mass is 10.0. The number of nitrogens with one attached hydrogen (secondary N) is 1. The summed E-state index contributed by atoms with van der Waals surface area (Å²) < 4.78 is 3.49. The number of phenols is 1. The van der Waals surface area contributed by atoms with Gasteiger partial charge in [0.2, 0.25) is 4.77 Å². The largest absolute Gasteiger partial charge is 0.507 e. The molecule has 0 aliphatic carbocycles. The van der Waals surface area contributed by atoms with E-state index in [2.05, 4.69) is 20.4 Å². The summed E-state index contributed by atoms with van der Waals surface area (Å²) >= 11 is 5.29. The molecule has 2 aromatic heterocycles. The molecule has 2 aromatic carbocycles. The van der Waals surface area contributed by atoms with E-state index in [0.29, 0.717) is 16.3 Å². The lowest BCUT2D eigenvalue weighted by molar-refractivity contribution is 0.475. The maximum Gasteiger partial charge on any atom is 0.271 e. The Bertz CT molecular complexity index is 1200. The van der Waals surface area contributed by atoms with Gasteiger partial charge in [0.15, 0.2) is 0 Å². The summed E-state index contributed by atoms with van der Waals surface area (Å²) in [6, 6.07) is 13.3. The molecule has 4 aromatic rings. The van der Waals surface area contributed by atoms with Crippen LogP contribution in [-0.4, -0.2) is 36.0 Å². The first kappa shape index (κ1) is 16.2. The molecule has 0 fully saturated rings. The first-order valence-corrected chi connectivity index (χ1v) is 8.41. The molecule has 0 radical (unpaired) electrons. The molecule has 26 heavy (non-hydrogen) atoms. The number of phenolic OH excluding ortho intramolecular Hbond substituents is 1. The van der Waals surface area contributed by atoms with Crippen molar-refractivity contribution < 1.29 is 5.11 Å². The van der Waals surface area contributed by atoms with Gasteiger partial charge in [-0.2, -0.15) is 14.9 Å². The number of hydrogen-bond acceptors (Lipinski definition) is 5. The fraction of sp³-hybridized carbons (Fsp3) is 0.111. The van der Waals surface area contributed by atoms with Crippen LogP contribution in [0.25, 0.3) is 16.7 Å². The number of aromatic amines is 1. The molecular formula is C18H16N6OS. The minimum Gasteiger partial charge on any atom is -0.507 e. The molecule has 4 rings (SSSR count). The summed E-state index contributed by atoms with van der Waals surface area (Å²) in [6.45, 7) is 3.84. The first-order valence-electron chi connectivity index (χ1n) is 8.01. The standard InChI is InChI=1S/C18H16N6OS/c1-11-9-12(2)23(22-11)17-20-21-18(26)24(17)19-10-15-14-6-4-3-5-13(14)7-8-16(15)25/h3-10,25H,1-2H3,(H,21,26)/b19-10+. The van der Waals surface area contributed by atoms with Crippen molar-refractivity contribution in [3.05, 3.63) is 64.2 Å². The van der Waals surface area contributed by atoms with Crippen LogP contribution in [0.1, 0.15) is 17.0 Å². The van der Waals surface area contributed by atoms with Crippen LogP contribution in [0.4, 0.5) is 0 Å². The van der Waals surface area contributed by atoms with Gasteiger partial charge in [-0.25, -0.2) is 9.78 Å². The van der Waals surface area contributed by atoms with E-state index in [0.717, 1.165) is 22.2 Å². The molecule has 0 aliphatic rings. The molecule has 0 saturated carbocycles. The van der Waals surface area contributed by atoms with Gasteiger partial charge >= 0.3 is 0 Å². The highest BCUT2D eigenvalue weighted by Crippen LogP contribution is 2.25. The van der Waals surface area contributed by atoms with E-state index in [1.807, 2.05) is 50.2 Å². The molecule has 0 spiro atoms. The van der Waals surface area contributed by atoms with E-state index in [9.17, 15) is 5.11 Å². The first-order chi connectivity index (χ1) is 12.5. The van der Waals surface area contributed by atoms with Gasteiger partial charge in [0.05, 0.1) is 11.9 Å². The number of rotatable bonds is 3. The third kappa shape index (κ3) is 2.70. The van der Waals surface area contributed by atoms with E-state index in [1.165, 1.54) is 4.68 Å². The molecule has 8 heteroatoms. The summed E-state index contributed by atoms with van der Waals surface area (Å²) in [5.41, 5.74) is 2.41. The molecule has 0 aliphatic heterocycles. The van der Waals surface area contributed by atoms with E-state index in [4.69, 9.17) is 12.2 Å². The van der Waals surface area contributed by atoms with E-state index in [1.54, 1.807) is 17.0 Å². The Morgan fingerprint density at radius 3 is 2.77 bits per heavy atom. The predicted octanol–water partition coefficient (Wildman–Crippen LogP) is 3.48. The van der Waals surface area contributed by atoms with Crippen LogP contribution < -0.4 is 0 Å². The van der Waals surface area contributed by atoms with Crippen molar-refractivity contribution in [1.82, 2.24) is 24.7 Å². The second-order valence-corrected chi connectivity index (χ2v) is 6.33. The Balaban J connectivity index is 1.85. The highest BCUT2D eigenvalue weighted by atomic mass is 32.1. The van der Waals surface area contributed by atoms with Crippen molar-refractivity contribution in [2.45, 2.75) is 13.8 Å². The van der Waals surface area contributed by atoms with Crippen molar-refractivity contribution in [3.8, 4) is 11.7 Å². The Kier molecular flexibility index (Phi) is 3.89. The van der Waals surface area contributed by atoms with Gasteiger partial charge < -0.3 is 5.11 Å². The molecule has 7 nitrogen and oxygen atoms in total. The zero-order valence-electron chi connectivity index (χ0n) is 14.2. The van der Waals surface area contributed by atoms with Gasteiger partial charge in [0.25, 0.3) is 5.95 Å². The third-order valence-corrected chi connectivity index (χ3v) is 4.35. The normalized spacial score (nSPS) is 11.6. The zero-order valence-corrected chi connectivity index (χ0v) is 15.0. The maximum atomic E-state index is 10.3. The minimum absolute atomic E-state index is 0.148. The molecule has 2 heterocycles. The second-order valence-electron chi connectivity index (χ2n) is 5.94. The van der Waals surface area contributed by atoms with E-state index < -0.39 is 0 Å². The van der Waals surface area contributed by atoms with Gasteiger partial charge in [-0.3, -0.25) is 0 Å². The number of nitrogens with zero attached hydrogens (tertiary/aromatic N) is 5. The van der Waals surface area contributed by atoms with Crippen molar-refractivity contribution in [1.29, 1.82) is 0 Å². The van der Waals surface area contributed by atoms with E-state index in [-0.39, 0.29) is 5.75 Å². The Labute approximate surface area is 154 Å². The summed E-state index contributed by atoms with van der Waals surface area (Å²) in [5.74, 6) is 0.603. The topological polar surface area (TPSA) is 84.0 Å². The van der Waals surface area contributed by atoms with Crippen LogP contribution >= 0.6 is 12.2 Å². The van der Waals surface area contributed by atoms with Crippen LogP contribution in [0.5, 0.6) is 5.75 Å². The predicted molar refractivity (Wildman–Crippen MR) is 103 cm³/mol. The Morgan fingerprint density at radius 1 is 1.19 bits per heavy atom. The van der Waals surface area contributed by atoms with Crippen molar-refractivity contribution >= 4 is 29.2 Å².